The summed E-state index contributed by atoms with van der Waals surface area (Å²) in [7, 11) is 1.94. The zero-order valence-corrected chi connectivity index (χ0v) is 11.7. The van der Waals surface area contributed by atoms with E-state index in [1.54, 1.807) is 0 Å². The molecule has 1 rings (SSSR count). The summed E-state index contributed by atoms with van der Waals surface area (Å²) >= 11 is 0. The first-order chi connectivity index (χ1) is 8.61. The third-order valence-electron chi connectivity index (χ3n) is 3.61. The maximum absolute atomic E-state index is 11.2. The summed E-state index contributed by atoms with van der Waals surface area (Å²) in [5.74, 6) is 0.549. The van der Waals surface area contributed by atoms with Crippen LogP contribution in [0.2, 0.25) is 0 Å². The standard InChI is InChI=1S/C14H27NO3/c1-3-18-14(17)8-9-15(2)11-13(16)10-12-6-4-5-7-12/h12-13,16H,3-11H2,1-2H3. The average Bonchev–Trinajstić information content (AvgIpc) is 2.79. The number of hydrogen-bond acceptors (Lipinski definition) is 4. The molecule has 0 aromatic rings. The van der Waals surface area contributed by atoms with E-state index in [0.717, 1.165) is 6.42 Å². The highest BCUT2D eigenvalue weighted by Gasteiger charge is 2.19. The van der Waals surface area contributed by atoms with Gasteiger partial charge in [-0.15, -0.1) is 0 Å². The van der Waals surface area contributed by atoms with Crippen LogP contribution in [-0.4, -0.2) is 48.8 Å². The van der Waals surface area contributed by atoms with Gasteiger partial charge in [0, 0.05) is 13.1 Å². The first-order valence-electron chi connectivity index (χ1n) is 7.14. The van der Waals surface area contributed by atoms with Gasteiger partial charge in [0.05, 0.1) is 19.1 Å². The Balaban J connectivity index is 2.10. The van der Waals surface area contributed by atoms with Crippen molar-refractivity contribution < 1.29 is 14.6 Å². The number of rotatable bonds is 8. The Morgan fingerprint density at radius 2 is 2.11 bits per heavy atom. The van der Waals surface area contributed by atoms with Crippen LogP contribution in [0.15, 0.2) is 0 Å². The Hall–Kier alpha value is -0.610. The molecule has 1 aliphatic carbocycles. The summed E-state index contributed by atoms with van der Waals surface area (Å²) in [5, 5.41) is 9.99. The summed E-state index contributed by atoms with van der Waals surface area (Å²) in [6.07, 6.45) is 6.21. The van der Waals surface area contributed by atoms with E-state index in [4.69, 9.17) is 4.74 Å². The van der Waals surface area contributed by atoms with Crippen LogP contribution in [0.5, 0.6) is 0 Å². The first kappa shape index (κ1) is 15.4. The number of nitrogens with zero attached hydrogens (tertiary/aromatic N) is 1. The number of carbonyl (C=O) groups is 1. The zero-order chi connectivity index (χ0) is 13.4. The van der Waals surface area contributed by atoms with E-state index < -0.39 is 0 Å². The van der Waals surface area contributed by atoms with Gasteiger partial charge in [-0.3, -0.25) is 4.79 Å². The van der Waals surface area contributed by atoms with Crippen LogP contribution in [0, 0.1) is 5.92 Å². The number of hydrogen-bond donors (Lipinski definition) is 1. The van der Waals surface area contributed by atoms with Crippen molar-refractivity contribution in [3.63, 3.8) is 0 Å². The molecule has 106 valence electrons. The number of likely N-dealkylation sites (N-methyl/N-ethyl adjacent to an activating group) is 1. The minimum Gasteiger partial charge on any atom is -0.466 e. The molecule has 1 aliphatic rings. The number of aliphatic hydroxyl groups is 1. The molecule has 18 heavy (non-hydrogen) atoms. The normalized spacial score (nSPS) is 18.2. The molecule has 4 heteroatoms. The summed E-state index contributed by atoms with van der Waals surface area (Å²) < 4.78 is 4.88. The number of carbonyl (C=O) groups excluding carboxylic acids is 1. The third-order valence-corrected chi connectivity index (χ3v) is 3.61. The van der Waals surface area contributed by atoms with Crippen LogP contribution in [-0.2, 0) is 9.53 Å². The SMILES string of the molecule is CCOC(=O)CCN(C)CC(O)CC1CCCC1. The van der Waals surface area contributed by atoms with Crippen LogP contribution >= 0.6 is 0 Å². The maximum Gasteiger partial charge on any atom is 0.307 e. The average molecular weight is 257 g/mol. The van der Waals surface area contributed by atoms with Gasteiger partial charge in [0.1, 0.15) is 0 Å². The van der Waals surface area contributed by atoms with Crippen molar-refractivity contribution in [2.24, 2.45) is 5.92 Å². The predicted molar refractivity (Wildman–Crippen MR) is 71.3 cm³/mol. The number of aliphatic hydroxyl groups excluding tert-OH is 1. The molecule has 0 spiro atoms. The largest absolute Gasteiger partial charge is 0.466 e. The Kier molecular flexibility index (Phi) is 7.28. The molecular formula is C14H27NO3. The highest BCUT2D eigenvalue weighted by molar-refractivity contribution is 5.69. The molecule has 1 saturated carbocycles. The van der Waals surface area contributed by atoms with Gasteiger partial charge in [-0.05, 0) is 26.3 Å². The molecule has 0 saturated heterocycles. The van der Waals surface area contributed by atoms with Gasteiger partial charge in [0.2, 0.25) is 0 Å². The topological polar surface area (TPSA) is 49.8 Å². The zero-order valence-electron chi connectivity index (χ0n) is 11.7. The van der Waals surface area contributed by atoms with Crippen molar-refractivity contribution in [3.05, 3.63) is 0 Å². The lowest BCUT2D eigenvalue weighted by molar-refractivity contribution is -0.143. The monoisotopic (exact) mass is 257 g/mol. The smallest absolute Gasteiger partial charge is 0.307 e. The molecule has 0 aliphatic heterocycles. The van der Waals surface area contributed by atoms with Crippen molar-refractivity contribution in [2.45, 2.75) is 51.6 Å². The van der Waals surface area contributed by atoms with Gasteiger partial charge in [-0.2, -0.15) is 0 Å². The molecule has 0 amide bonds. The lowest BCUT2D eigenvalue weighted by Gasteiger charge is -2.22. The van der Waals surface area contributed by atoms with Gasteiger partial charge in [0.15, 0.2) is 0 Å². The van der Waals surface area contributed by atoms with E-state index in [1.807, 2.05) is 18.9 Å². The predicted octanol–water partition coefficient (Wildman–Crippen LogP) is 1.81. The van der Waals surface area contributed by atoms with Crippen molar-refractivity contribution in [2.75, 3.05) is 26.7 Å². The highest BCUT2D eigenvalue weighted by Crippen LogP contribution is 2.28. The Morgan fingerprint density at radius 3 is 2.72 bits per heavy atom. The van der Waals surface area contributed by atoms with Crippen LogP contribution < -0.4 is 0 Å². The minimum atomic E-state index is -0.264. The molecule has 1 fully saturated rings. The molecular weight excluding hydrogens is 230 g/mol. The molecule has 1 unspecified atom stereocenters. The molecule has 0 aromatic carbocycles. The van der Waals surface area contributed by atoms with Crippen LogP contribution in [0.4, 0.5) is 0 Å². The first-order valence-corrected chi connectivity index (χ1v) is 7.14. The van der Waals surface area contributed by atoms with Crippen molar-refractivity contribution in [3.8, 4) is 0 Å². The summed E-state index contributed by atoms with van der Waals surface area (Å²) in [4.78, 5) is 13.2. The second kappa shape index (κ2) is 8.48. The fourth-order valence-electron chi connectivity index (χ4n) is 2.67. The third kappa shape index (κ3) is 6.36. The van der Waals surface area contributed by atoms with Gasteiger partial charge in [-0.1, -0.05) is 25.7 Å². The summed E-state index contributed by atoms with van der Waals surface area (Å²) in [6.45, 7) is 3.55. The molecule has 0 aromatic heterocycles. The Morgan fingerprint density at radius 1 is 1.44 bits per heavy atom. The van der Waals surface area contributed by atoms with Crippen molar-refractivity contribution >= 4 is 5.97 Å². The van der Waals surface area contributed by atoms with E-state index in [9.17, 15) is 9.90 Å². The minimum absolute atomic E-state index is 0.158. The maximum atomic E-state index is 11.2. The Labute approximate surface area is 110 Å². The van der Waals surface area contributed by atoms with E-state index >= 15 is 0 Å². The lowest BCUT2D eigenvalue weighted by atomic mass is 10.00. The molecule has 0 heterocycles. The van der Waals surface area contributed by atoms with Gasteiger partial charge in [-0.25, -0.2) is 0 Å². The van der Waals surface area contributed by atoms with Crippen LogP contribution in [0.3, 0.4) is 0 Å². The lowest BCUT2D eigenvalue weighted by Crippen LogP contribution is -2.32. The van der Waals surface area contributed by atoms with E-state index in [1.165, 1.54) is 25.7 Å². The van der Waals surface area contributed by atoms with Crippen molar-refractivity contribution in [1.82, 2.24) is 4.90 Å². The van der Waals surface area contributed by atoms with E-state index in [0.29, 0.717) is 32.0 Å². The summed E-state index contributed by atoms with van der Waals surface area (Å²) in [5.41, 5.74) is 0. The molecule has 1 atom stereocenters. The highest BCUT2D eigenvalue weighted by atomic mass is 16.5. The fourth-order valence-corrected chi connectivity index (χ4v) is 2.67. The number of esters is 1. The molecule has 4 nitrogen and oxygen atoms in total. The van der Waals surface area contributed by atoms with Gasteiger partial charge in [0.25, 0.3) is 0 Å². The van der Waals surface area contributed by atoms with Crippen molar-refractivity contribution in [1.29, 1.82) is 0 Å². The molecule has 0 radical (unpaired) electrons. The molecule has 0 bridgehead atoms. The molecule has 1 N–H and O–H groups in total. The second-order valence-electron chi connectivity index (χ2n) is 5.36. The quantitative estimate of drug-likeness (QED) is 0.674. The second-order valence-corrected chi connectivity index (χ2v) is 5.36. The van der Waals surface area contributed by atoms with E-state index in [2.05, 4.69) is 0 Å². The summed E-state index contributed by atoms with van der Waals surface area (Å²) in [6, 6.07) is 0. The van der Waals surface area contributed by atoms with Crippen LogP contribution in [0.25, 0.3) is 0 Å². The van der Waals surface area contributed by atoms with E-state index in [-0.39, 0.29) is 12.1 Å². The van der Waals surface area contributed by atoms with Gasteiger partial charge >= 0.3 is 5.97 Å². The van der Waals surface area contributed by atoms with Gasteiger partial charge < -0.3 is 14.7 Å². The fraction of sp³-hybridized carbons (Fsp3) is 0.929. The number of ether oxygens (including phenoxy) is 1. The Bertz CT molecular complexity index is 239. The van der Waals surface area contributed by atoms with Crippen LogP contribution in [0.1, 0.15) is 45.4 Å².